The van der Waals surface area contributed by atoms with Crippen LogP contribution in [0.2, 0.25) is 0 Å². The second-order valence-corrected chi connectivity index (χ2v) is 13.5. The third-order valence-corrected chi connectivity index (χ3v) is 10.4. The van der Waals surface area contributed by atoms with Gasteiger partial charge < -0.3 is 0 Å². The van der Waals surface area contributed by atoms with E-state index in [0.29, 0.717) is 0 Å². The molecule has 0 bridgehead atoms. The van der Waals surface area contributed by atoms with E-state index in [1.807, 2.05) is 0 Å². The van der Waals surface area contributed by atoms with E-state index in [2.05, 4.69) is 200 Å². The van der Waals surface area contributed by atoms with Crippen LogP contribution in [-0.2, 0) is 0 Å². The number of fused-ring (bicyclic) bond motifs is 4. The monoisotopic (exact) mass is 659 g/mol. The van der Waals surface area contributed by atoms with Crippen molar-refractivity contribution in [1.29, 1.82) is 0 Å². The summed E-state index contributed by atoms with van der Waals surface area (Å²) in [5.41, 5.74) is 11.4. The molecule has 0 amide bonds. The third-order valence-electron chi connectivity index (χ3n) is 10.4. The van der Waals surface area contributed by atoms with Gasteiger partial charge in [-0.05, 0) is 94.7 Å². The van der Waals surface area contributed by atoms with Crippen LogP contribution in [0.3, 0.4) is 0 Å². The van der Waals surface area contributed by atoms with Crippen molar-refractivity contribution in [1.82, 2.24) is 4.98 Å². The van der Waals surface area contributed by atoms with Gasteiger partial charge in [0.15, 0.2) is 0 Å². The standard InChI is InChI=1S/C51H33N/c1-3-17-36(18-4-1)50-44-25-11-12-26-45(44)51(37-19-5-2-6-20-37)47-31-38(29-30-46(47)50)48-32-39(42-27-13-21-34-15-7-9-23-40(34)42)33-49(52-48)43-28-14-22-35-16-8-10-24-41(35)43/h1-33H. The SMILES string of the molecule is c1ccc(-c2c3ccccc3c(-c3ccccc3)c3cc(-c4cc(-c5cccc6ccccc56)cc(-c5cccc6ccccc56)n4)ccc23)cc1. The number of pyridine rings is 1. The average molecular weight is 660 g/mol. The molecule has 9 aromatic carbocycles. The normalized spacial score (nSPS) is 11.5. The summed E-state index contributed by atoms with van der Waals surface area (Å²) in [5.74, 6) is 0. The Morgan fingerprint density at radius 2 is 0.712 bits per heavy atom. The lowest BCUT2D eigenvalue weighted by Gasteiger charge is -2.19. The van der Waals surface area contributed by atoms with Gasteiger partial charge in [-0.3, -0.25) is 0 Å². The zero-order valence-electron chi connectivity index (χ0n) is 28.5. The molecule has 52 heavy (non-hydrogen) atoms. The summed E-state index contributed by atoms with van der Waals surface area (Å²) in [7, 11) is 0. The number of aromatic nitrogens is 1. The van der Waals surface area contributed by atoms with E-state index in [9.17, 15) is 0 Å². The fraction of sp³-hybridized carbons (Fsp3) is 0. The minimum absolute atomic E-state index is 0.948. The molecule has 242 valence electrons. The van der Waals surface area contributed by atoms with Gasteiger partial charge in [0.2, 0.25) is 0 Å². The molecule has 0 aliphatic heterocycles. The van der Waals surface area contributed by atoms with Gasteiger partial charge in [-0.1, -0.05) is 182 Å². The number of hydrogen-bond acceptors (Lipinski definition) is 1. The summed E-state index contributed by atoms with van der Waals surface area (Å²) >= 11 is 0. The van der Waals surface area contributed by atoms with Crippen LogP contribution in [-0.4, -0.2) is 4.98 Å². The molecule has 10 rings (SSSR count). The first-order valence-electron chi connectivity index (χ1n) is 17.9. The fourth-order valence-corrected chi connectivity index (χ4v) is 8.07. The van der Waals surface area contributed by atoms with Crippen LogP contribution >= 0.6 is 0 Å². The number of hydrogen-bond donors (Lipinski definition) is 0. The lowest BCUT2D eigenvalue weighted by molar-refractivity contribution is 1.33. The van der Waals surface area contributed by atoms with E-state index in [1.165, 1.54) is 70.9 Å². The van der Waals surface area contributed by atoms with Crippen LogP contribution in [0.25, 0.3) is 99.0 Å². The highest BCUT2D eigenvalue weighted by Gasteiger charge is 2.19. The smallest absolute Gasteiger partial charge is 0.0721 e. The fourth-order valence-electron chi connectivity index (χ4n) is 8.07. The second-order valence-electron chi connectivity index (χ2n) is 13.5. The molecule has 10 aromatic rings. The number of nitrogens with zero attached hydrogens (tertiary/aromatic N) is 1. The molecule has 0 fully saturated rings. The Labute approximate surface area is 303 Å². The first kappa shape index (κ1) is 30.0. The summed E-state index contributed by atoms with van der Waals surface area (Å²) in [6, 6.07) is 72.3. The van der Waals surface area contributed by atoms with Crippen LogP contribution in [0, 0.1) is 0 Å². The molecule has 0 aliphatic carbocycles. The molecule has 0 radical (unpaired) electrons. The lowest BCUT2D eigenvalue weighted by atomic mass is 9.85. The van der Waals surface area contributed by atoms with Gasteiger partial charge >= 0.3 is 0 Å². The van der Waals surface area contributed by atoms with Crippen molar-refractivity contribution in [3.63, 3.8) is 0 Å². The quantitative estimate of drug-likeness (QED) is 0.168. The maximum Gasteiger partial charge on any atom is 0.0721 e. The highest BCUT2D eigenvalue weighted by molar-refractivity contribution is 6.22. The summed E-state index contributed by atoms with van der Waals surface area (Å²) in [5, 5.41) is 9.80. The van der Waals surface area contributed by atoms with Crippen LogP contribution in [0.5, 0.6) is 0 Å². The molecular weight excluding hydrogens is 627 g/mol. The van der Waals surface area contributed by atoms with Gasteiger partial charge in [0.05, 0.1) is 11.4 Å². The first-order chi connectivity index (χ1) is 25.8. The van der Waals surface area contributed by atoms with Crippen molar-refractivity contribution in [3.05, 3.63) is 200 Å². The van der Waals surface area contributed by atoms with Crippen molar-refractivity contribution >= 4 is 43.1 Å². The molecule has 0 saturated heterocycles. The van der Waals surface area contributed by atoms with E-state index in [1.54, 1.807) is 0 Å². The maximum atomic E-state index is 5.48. The van der Waals surface area contributed by atoms with Gasteiger partial charge in [-0.2, -0.15) is 0 Å². The van der Waals surface area contributed by atoms with Crippen molar-refractivity contribution in [3.8, 4) is 55.9 Å². The van der Waals surface area contributed by atoms with E-state index in [4.69, 9.17) is 4.98 Å². The molecule has 1 heteroatoms. The zero-order chi connectivity index (χ0) is 34.4. The topological polar surface area (TPSA) is 12.9 Å². The minimum atomic E-state index is 0.948. The van der Waals surface area contributed by atoms with E-state index in [0.717, 1.165) is 28.1 Å². The highest BCUT2D eigenvalue weighted by atomic mass is 14.7. The Kier molecular flexibility index (Phi) is 7.22. The summed E-state index contributed by atoms with van der Waals surface area (Å²) in [6.07, 6.45) is 0. The summed E-state index contributed by atoms with van der Waals surface area (Å²) < 4.78 is 0. The lowest BCUT2D eigenvalue weighted by Crippen LogP contribution is -1.94. The molecule has 0 N–H and O–H groups in total. The minimum Gasteiger partial charge on any atom is -0.248 e. The molecule has 0 unspecified atom stereocenters. The third kappa shape index (κ3) is 5.06. The van der Waals surface area contributed by atoms with E-state index < -0.39 is 0 Å². The van der Waals surface area contributed by atoms with Gasteiger partial charge in [0.1, 0.15) is 0 Å². The Morgan fingerprint density at radius 1 is 0.250 bits per heavy atom. The Hall–Kier alpha value is -6.83. The van der Waals surface area contributed by atoms with Gasteiger partial charge in [-0.15, -0.1) is 0 Å². The van der Waals surface area contributed by atoms with Gasteiger partial charge in [0, 0.05) is 11.1 Å². The Balaban J connectivity index is 1.29. The largest absolute Gasteiger partial charge is 0.248 e. The molecule has 0 atom stereocenters. The predicted octanol–water partition coefficient (Wildman–Crippen LogP) is 14.0. The molecule has 1 aromatic heterocycles. The maximum absolute atomic E-state index is 5.48. The summed E-state index contributed by atoms with van der Waals surface area (Å²) in [6.45, 7) is 0. The average Bonchev–Trinajstić information content (AvgIpc) is 3.22. The Bertz CT molecular complexity index is 2830. The predicted molar refractivity (Wildman–Crippen MR) is 221 cm³/mol. The van der Waals surface area contributed by atoms with Crippen molar-refractivity contribution in [2.45, 2.75) is 0 Å². The van der Waals surface area contributed by atoms with Crippen molar-refractivity contribution in [2.24, 2.45) is 0 Å². The van der Waals surface area contributed by atoms with Crippen molar-refractivity contribution < 1.29 is 0 Å². The van der Waals surface area contributed by atoms with Crippen LogP contribution in [0.15, 0.2) is 200 Å². The molecule has 1 heterocycles. The Morgan fingerprint density at radius 3 is 1.35 bits per heavy atom. The number of benzene rings is 9. The molecule has 0 aliphatic rings. The number of rotatable bonds is 5. The highest BCUT2D eigenvalue weighted by Crippen LogP contribution is 2.45. The van der Waals surface area contributed by atoms with Crippen LogP contribution in [0.4, 0.5) is 0 Å². The van der Waals surface area contributed by atoms with Gasteiger partial charge in [-0.25, -0.2) is 4.98 Å². The van der Waals surface area contributed by atoms with Gasteiger partial charge in [0.25, 0.3) is 0 Å². The molecule has 0 spiro atoms. The molecule has 0 saturated carbocycles. The van der Waals surface area contributed by atoms with Crippen molar-refractivity contribution in [2.75, 3.05) is 0 Å². The van der Waals surface area contributed by atoms with Crippen LogP contribution < -0.4 is 0 Å². The second kappa shape index (κ2) is 12.5. The first-order valence-corrected chi connectivity index (χ1v) is 17.9. The molecular formula is C51H33N. The van der Waals surface area contributed by atoms with E-state index in [-0.39, 0.29) is 0 Å². The molecule has 1 nitrogen and oxygen atoms in total. The summed E-state index contributed by atoms with van der Waals surface area (Å²) in [4.78, 5) is 5.48. The zero-order valence-corrected chi connectivity index (χ0v) is 28.5. The van der Waals surface area contributed by atoms with Crippen LogP contribution in [0.1, 0.15) is 0 Å². The van der Waals surface area contributed by atoms with E-state index >= 15 is 0 Å².